The Morgan fingerprint density at radius 1 is 1.21 bits per heavy atom. The van der Waals surface area contributed by atoms with Crippen LogP contribution in [-0.2, 0) is 19.0 Å². The zero-order valence-electron chi connectivity index (χ0n) is 11.7. The molecule has 8 heteroatoms. The number of carbonyl (C=O) groups excluding carboxylic acids is 1. The van der Waals surface area contributed by atoms with Gasteiger partial charge in [0.25, 0.3) is 0 Å². The van der Waals surface area contributed by atoms with Crippen LogP contribution in [0.2, 0.25) is 0 Å². The maximum absolute atomic E-state index is 12.1. The third-order valence-electron chi connectivity index (χ3n) is 2.47. The number of hydrogen-bond acceptors (Lipinski definition) is 6. The molecule has 0 aliphatic carbocycles. The zero-order valence-corrected chi connectivity index (χ0v) is 13.4. The minimum atomic E-state index is -1.66. The first-order valence-electron chi connectivity index (χ1n) is 6.30. The molecule has 0 amide bonds. The van der Waals surface area contributed by atoms with E-state index in [1.807, 2.05) is 0 Å². The molecular formula is C11H24ClN2O4P. The number of ether oxygens (including phenoxy) is 3. The van der Waals surface area contributed by atoms with Crippen LogP contribution >= 0.6 is 19.8 Å². The number of nitrogens with two attached hydrogens (primary N) is 2. The Morgan fingerprint density at radius 3 is 2.05 bits per heavy atom. The zero-order chi connectivity index (χ0) is 14.9. The molecule has 0 radical (unpaired) electrons. The van der Waals surface area contributed by atoms with E-state index in [4.69, 9.17) is 36.8 Å². The van der Waals surface area contributed by atoms with Gasteiger partial charge in [-0.05, 0) is 27.2 Å². The van der Waals surface area contributed by atoms with Gasteiger partial charge in [0.1, 0.15) is 5.92 Å². The predicted molar refractivity (Wildman–Crippen MR) is 76.7 cm³/mol. The van der Waals surface area contributed by atoms with E-state index in [0.717, 1.165) is 0 Å². The van der Waals surface area contributed by atoms with Crippen LogP contribution < -0.4 is 11.0 Å². The van der Waals surface area contributed by atoms with Crippen LogP contribution in [0.15, 0.2) is 0 Å². The molecule has 1 unspecified atom stereocenters. The van der Waals surface area contributed by atoms with Crippen molar-refractivity contribution in [2.24, 2.45) is 16.9 Å². The predicted octanol–water partition coefficient (Wildman–Crippen LogP) is 1.75. The number of rotatable bonds is 10. The van der Waals surface area contributed by atoms with E-state index in [2.05, 4.69) is 0 Å². The summed E-state index contributed by atoms with van der Waals surface area (Å²) in [6, 6.07) is 0. The number of carbonyl (C=O) groups is 1. The quantitative estimate of drug-likeness (QED) is 0.276. The largest absolute Gasteiger partial charge is 0.466 e. The molecule has 0 spiro atoms. The van der Waals surface area contributed by atoms with Crippen LogP contribution in [0.5, 0.6) is 0 Å². The second kappa shape index (κ2) is 9.86. The highest BCUT2D eigenvalue weighted by atomic mass is 35.5. The lowest BCUT2D eigenvalue weighted by molar-refractivity contribution is -0.213. The average molecular weight is 315 g/mol. The lowest BCUT2D eigenvalue weighted by Gasteiger charge is -2.40. The van der Waals surface area contributed by atoms with Crippen molar-refractivity contribution in [2.45, 2.75) is 32.7 Å². The average Bonchev–Trinajstić information content (AvgIpc) is 2.35. The number of esters is 1. The molecule has 6 nitrogen and oxygen atoms in total. The van der Waals surface area contributed by atoms with E-state index in [0.29, 0.717) is 19.6 Å². The molecule has 0 fully saturated rings. The fraction of sp³-hybridized carbons (Fsp3) is 0.909. The first-order valence-corrected chi connectivity index (χ1v) is 8.31. The molecule has 0 aromatic heterocycles. The molecule has 0 heterocycles. The Balaban J connectivity index is 5.36. The summed E-state index contributed by atoms with van der Waals surface area (Å²) in [6.07, 6.45) is 0.327. The minimum absolute atomic E-state index is 0.258. The topological polar surface area (TPSA) is 96.8 Å². The summed E-state index contributed by atoms with van der Waals surface area (Å²) in [5.41, 5.74) is 10.4. The van der Waals surface area contributed by atoms with Gasteiger partial charge >= 0.3 is 5.97 Å². The van der Waals surface area contributed by atoms with Gasteiger partial charge in [-0.25, -0.2) is 0 Å². The number of alkyl halides is 1. The Morgan fingerprint density at radius 2 is 1.74 bits per heavy atom. The lowest BCUT2D eigenvalue weighted by Crippen LogP contribution is -2.49. The summed E-state index contributed by atoms with van der Waals surface area (Å²) >= 11 is 5.76. The van der Waals surface area contributed by atoms with Crippen LogP contribution in [0.25, 0.3) is 0 Å². The fourth-order valence-electron chi connectivity index (χ4n) is 1.79. The fourth-order valence-corrected chi connectivity index (χ4v) is 3.16. The second-order valence-electron chi connectivity index (χ2n) is 3.69. The maximum Gasteiger partial charge on any atom is 0.314 e. The summed E-state index contributed by atoms with van der Waals surface area (Å²) in [7, 11) is -1.66. The van der Waals surface area contributed by atoms with Crippen molar-refractivity contribution in [1.29, 1.82) is 0 Å². The Bertz CT molecular complexity index is 263. The molecule has 0 saturated heterocycles. The smallest absolute Gasteiger partial charge is 0.314 e. The third-order valence-corrected chi connectivity index (χ3v) is 3.98. The standard InChI is InChI=1S/C11H24ClN2O4P/c1-4-16-10(15)9(7-8-12)11(17-5-2,18-6-3)19(13)14/h9H,4-8,13-14H2,1-3H3. The van der Waals surface area contributed by atoms with Crippen LogP contribution in [0.1, 0.15) is 27.2 Å². The molecule has 114 valence electrons. The van der Waals surface area contributed by atoms with Crippen molar-refractivity contribution in [3.63, 3.8) is 0 Å². The summed E-state index contributed by atoms with van der Waals surface area (Å²) in [5.74, 6) is -0.923. The normalized spacial score (nSPS) is 13.6. The Kier molecular flexibility index (Phi) is 9.87. The molecule has 4 N–H and O–H groups in total. The van der Waals surface area contributed by atoms with Crippen molar-refractivity contribution in [3.8, 4) is 0 Å². The number of hydrogen-bond donors (Lipinski definition) is 2. The molecule has 0 rings (SSSR count). The molecular weight excluding hydrogens is 291 g/mol. The molecule has 0 aromatic carbocycles. The Hall–Kier alpha value is 0.0300. The van der Waals surface area contributed by atoms with E-state index >= 15 is 0 Å². The van der Waals surface area contributed by atoms with Gasteiger partial charge in [0.05, 0.1) is 14.8 Å². The second-order valence-corrected chi connectivity index (χ2v) is 5.50. The van der Waals surface area contributed by atoms with Crippen LogP contribution in [0, 0.1) is 5.92 Å². The van der Waals surface area contributed by atoms with Gasteiger partial charge in [0.15, 0.2) is 0 Å². The molecule has 0 aromatic rings. The number of halogens is 1. The van der Waals surface area contributed by atoms with Crippen molar-refractivity contribution in [2.75, 3.05) is 25.7 Å². The summed E-state index contributed by atoms with van der Waals surface area (Å²) in [5, 5.41) is 0. The van der Waals surface area contributed by atoms with Crippen molar-refractivity contribution >= 4 is 25.8 Å². The first-order chi connectivity index (χ1) is 8.99. The first kappa shape index (κ1) is 19.0. The summed E-state index contributed by atoms with van der Waals surface area (Å²) in [6.45, 7) is 6.22. The molecule has 0 bridgehead atoms. The van der Waals surface area contributed by atoms with E-state index in [1.54, 1.807) is 20.8 Å². The van der Waals surface area contributed by atoms with Gasteiger partial charge in [-0.15, -0.1) is 11.6 Å². The Labute approximate surface area is 120 Å². The van der Waals surface area contributed by atoms with E-state index in [9.17, 15) is 4.79 Å². The van der Waals surface area contributed by atoms with E-state index in [-0.39, 0.29) is 12.5 Å². The van der Waals surface area contributed by atoms with Crippen LogP contribution in [-0.4, -0.2) is 37.2 Å². The third kappa shape index (κ3) is 5.14. The van der Waals surface area contributed by atoms with Crippen LogP contribution in [0.4, 0.5) is 0 Å². The molecule has 0 saturated carbocycles. The SMILES string of the molecule is CCOC(=O)C(CCCl)C(OCC)(OCC)P(N)N. The highest BCUT2D eigenvalue weighted by Gasteiger charge is 2.49. The van der Waals surface area contributed by atoms with E-state index < -0.39 is 25.6 Å². The molecule has 19 heavy (non-hydrogen) atoms. The molecule has 1 atom stereocenters. The van der Waals surface area contributed by atoms with Gasteiger partial charge in [-0.3, -0.25) is 15.8 Å². The monoisotopic (exact) mass is 314 g/mol. The van der Waals surface area contributed by atoms with Gasteiger partial charge < -0.3 is 14.2 Å². The maximum atomic E-state index is 12.1. The van der Waals surface area contributed by atoms with E-state index in [1.165, 1.54) is 0 Å². The van der Waals surface area contributed by atoms with Crippen molar-refractivity contribution in [1.82, 2.24) is 0 Å². The van der Waals surface area contributed by atoms with Gasteiger partial charge in [0.2, 0.25) is 5.53 Å². The highest BCUT2D eigenvalue weighted by Crippen LogP contribution is 2.46. The minimum Gasteiger partial charge on any atom is -0.466 e. The molecule has 0 aliphatic rings. The summed E-state index contributed by atoms with van der Waals surface area (Å²) in [4.78, 5) is 12.1. The van der Waals surface area contributed by atoms with Gasteiger partial charge in [0, 0.05) is 19.1 Å². The van der Waals surface area contributed by atoms with Crippen molar-refractivity contribution < 1.29 is 19.0 Å². The molecule has 0 aliphatic heterocycles. The van der Waals surface area contributed by atoms with Gasteiger partial charge in [-0.2, -0.15) is 0 Å². The van der Waals surface area contributed by atoms with Gasteiger partial charge in [-0.1, -0.05) is 0 Å². The summed E-state index contributed by atoms with van der Waals surface area (Å²) < 4.78 is 16.3. The lowest BCUT2D eigenvalue weighted by atomic mass is 10.1. The van der Waals surface area contributed by atoms with Crippen LogP contribution in [0.3, 0.4) is 0 Å². The highest BCUT2D eigenvalue weighted by molar-refractivity contribution is 7.53. The van der Waals surface area contributed by atoms with Crippen molar-refractivity contribution in [3.05, 3.63) is 0 Å².